The number of fused-ring (bicyclic) bond motifs is 8. The number of aromatic nitrogens is 6. The van der Waals surface area contributed by atoms with Crippen molar-refractivity contribution in [2.75, 3.05) is 87.8 Å². The molecule has 15 rings (SSSR count). The summed E-state index contributed by atoms with van der Waals surface area (Å²) in [4.78, 5) is 44.3. The van der Waals surface area contributed by atoms with Gasteiger partial charge in [-0.05, 0) is 146 Å². The van der Waals surface area contributed by atoms with Gasteiger partial charge in [0.05, 0.1) is 44.3 Å². The largest absolute Gasteiger partial charge is 0.461 e. The van der Waals surface area contributed by atoms with Gasteiger partial charge in [0, 0.05) is 111 Å². The van der Waals surface area contributed by atoms with Crippen molar-refractivity contribution in [3.63, 3.8) is 0 Å². The lowest BCUT2D eigenvalue weighted by Crippen LogP contribution is -2.51. The lowest BCUT2D eigenvalue weighted by atomic mass is 9.92. The minimum Gasteiger partial charge on any atom is -0.461 e. The number of rotatable bonds is 13. The van der Waals surface area contributed by atoms with Crippen LogP contribution in [0.25, 0.3) is 44.3 Å². The molecular formula is C61H75N13O2. The van der Waals surface area contributed by atoms with E-state index in [1.54, 1.807) is 0 Å². The number of benzene rings is 2. The Kier molecular flexibility index (Phi) is 11.5. The number of anilines is 3. The van der Waals surface area contributed by atoms with Gasteiger partial charge in [-0.25, -0.2) is 0 Å². The predicted molar refractivity (Wildman–Crippen MR) is 300 cm³/mol. The Labute approximate surface area is 447 Å². The Bertz CT molecular complexity index is 3220. The number of piperazine rings is 2. The van der Waals surface area contributed by atoms with Gasteiger partial charge in [0.15, 0.2) is 0 Å². The molecule has 0 amide bonds. The van der Waals surface area contributed by atoms with Crippen molar-refractivity contribution < 1.29 is 9.47 Å². The average molecular weight is 1020 g/mol. The fourth-order valence-electron chi connectivity index (χ4n) is 16.0. The van der Waals surface area contributed by atoms with Crippen LogP contribution in [0.3, 0.4) is 0 Å². The third kappa shape index (κ3) is 8.02. The Balaban J connectivity index is 0.734. The molecule has 1 saturated carbocycles. The third-order valence-corrected chi connectivity index (χ3v) is 19.9. The van der Waals surface area contributed by atoms with Crippen LogP contribution in [0.5, 0.6) is 12.0 Å². The van der Waals surface area contributed by atoms with E-state index in [1.165, 1.54) is 94.0 Å². The number of nitrogens with one attached hydrogen (secondary N) is 2. The van der Waals surface area contributed by atoms with Crippen LogP contribution < -0.4 is 34.8 Å². The molecule has 6 aromatic rings. The number of para-hydroxylation sites is 1. The lowest BCUT2D eigenvalue weighted by molar-refractivity contribution is 0.0845. The summed E-state index contributed by atoms with van der Waals surface area (Å²) in [5, 5.41) is 9.68. The summed E-state index contributed by atoms with van der Waals surface area (Å²) in [5.41, 5.74) is 12.4. The van der Waals surface area contributed by atoms with E-state index in [4.69, 9.17) is 39.4 Å². The van der Waals surface area contributed by atoms with E-state index >= 15 is 0 Å². The minimum atomic E-state index is -0.0795. The molecule has 15 nitrogen and oxygen atoms in total. The zero-order chi connectivity index (χ0) is 50.9. The molecule has 0 radical (unpaired) electrons. The van der Waals surface area contributed by atoms with E-state index in [-0.39, 0.29) is 11.1 Å². The molecule has 2 aromatic carbocycles. The maximum Gasteiger partial charge on any atom is 0.319 e. The van der Waals surface area contributed by atoms with Crippen LogP contribution in [-0.4, -0.2) is 148 Å². The Morgan fingerprint density at radius 3 is 1.75 bits per heavy atom. The van der Waals surface area contributed by atoms with E-state index in [0.717, 1.165) is 126 Å². The molecule has 9 fully saturated rings. The van der Waals surface area contributed by atoms with Crippen LogP contribution in [0.2, 0.25) is 0 Å². The number of ether oxygens (including phenoxy) is 2. The first-order valence-corrected chi connectivity index (χ1v) is 29.2. The summed E-state index contributed by atoms with van der Waals surface area (Å²) in [6.45, 7) is 12.8. The van der Waals surface area contributed by atoms with Crippen molar-refractivity contribution in [3.05, 3.63) is 77.1 Å². The summed E-state index contributed by atoms with van der Waals surface area (Å²) < 4.78 is 13.8. The molecule has 12 heterocycles. The van der Waals surface area contributed by atoms with Gasteiger partial charge in [-0.3, -0.25) is 19.8 Å². The molecule has 8 saturated heterocycles. The summed E-state index contributed by atoms with van der Waals surface area (Å²) in [7, 11) is 4.19. The second kappa shape index (κ2) is 18.4. The molecule has 8 aliphatic heterocycles. The third-order valence-electron chi connectivity index (χ3n) is 19.9. The normalized spacial score (nSPS) is 27.8. The van der Waals surface area contributed by atoms with E-state index in [2.05, 4.69) is 112 Å². The average Bonchev–Trinajstić information content (AvgIpc) is 3.88. The van der Waals surface area contributed by atoms with Crippen molar-refractivity contribution in [2.45, 2.75) is 151 Å². The summed E-state index contributed by atoms with van der Waals surface area (Å²) in [6.07, 6.45) is 20.7. The highest BCUT2D eigenvalue weighted by atomic mass is 16.5. The maximum absolute atomic E-state index is 7.00. The van der Waals surface area contributed by atoms with Crippen LogP contribution in [0.4, 0.5) is 17.3 Å². The number of aryl methyl sites for hydroxylation is 2. The van der Waals surface area contributed by atoms with Crippen molar-refractivity contribution >= 4 is 39.1 Å². The van der Waals surface area contributed by atoms with E-state index in [0.29, 0.717) is 61.4 Å². The molecule has 0 spiro atoms. The fraction of sp³-hybridized carbons (Fsp3) is 0.574. The molecule has 6 atom stereocenters. The predicted octanol–water partition coefficient (Wildman–Crippen LogP) is 8.89. The van der Waals surface area contributed by atoms with Gasteiger partial charge < -0.3 is 34.8 Å². The van der Waals surface area contributed by atoms with Gasteiger partial charge >= 0.3 is 12.0 Å². The summed E-state index contributed by atoms with van der Waals surface area (Å²) >= 11 is 0. The molecule has 9 aliphatic rings. The second-order valence-electron chi connectivity index (χ2n) is 24.8. The molecule has 4 aromatic heterocycles. The van der Waals surface area contributed by atoms with E-state index in [9.17, 15) is 0 Å². The Morgan fingerprint density at radius 1 is 0.605 bits per heavy atom. The van der Waals surface area contributed by atoms with Crippen molar-refractivity contribution in [1.82, 2.24) is 50.3 Å². The van der Waals surface area contributed by atoms with Crippen molar-refractivity contribution in [2.24, 2.45) is 0 Å². The number of nitrogens with zero attached hydrogens (tertiary/aromatic N) is 11. The lowest BCUT2D eigenvalue weighted by Gasteiger charge is -2.36. The SMILES string of the molecule is Cc1c(-c2ccc(C3CCC4(COc5nc(N6CC7CCC(C6)N7)c6cnc(-c7ccccc7N(C)C)c(C)c6n5)CCCN34)cc2C2CC2)ncc2c(N3CC4CCC(C3)N4)nc(OCC34CCCN3CCC4)nc12. The van der Waals surface area contributed by atoms with Gasteiger partial charge in [-0.1, -0.05) is 36.4 Å². The summed E-state index contributed by atoms with van der Waals surface area (Å²) in [6, 6.07) is 19.1. The van der Waals surface area contributed by atoms with E-state index < -0.39 is 0 Å². The topological polar surface area (TPSA) is 136 Å². The van der Waals surface area contributed by atoms with Crippen LogP contribution in [0, 0.1) is 13.8 Å². The number of hydrogen-bond donors (Lipinski definition) is 2. The molecular weight excluding hydrogens is 947 g/mol. The molecule has 4 bridgehead atoms. The number of pyridine rings is 2. The van der Waals surface area contributed by atoms with Crippen molar-refractivity contribution in [1.29, 1.82) is 0 Å². The smallest absolute Gasteiger partial charge is 0.319 e. The van der Waals surface area contributed by atoms with Gasteiger partial charge in [-0.15, -0.1) is 0 Å². The maximum atomic E-state index is 7.00. The van der Waals surface area contributed by atoms with Crippen LogP contribution in [0.1, 0.15) is 124 Å². The zero-order valence-corrected chi connectivity index (χ0v) is 45.2. The highest BCUT2D eigenvalue weighted by Gasteiger charge is 2.51. The Hall–Kier alpha value is -5.74. The highest BCUT2D eigenvalue weighted by molar-refractivity contribution is 5.96. The molecule has 15 heteroatoms. The second-order valence-corrected chi connectivity index (χ2v) is 24.8. The number of hydrogen-bond acceptors (Lipinski definition) is 15. The van der Waals surface area contributed by atoms with Gasteiger partial charge in [0.1, 0.15) is 24.8 Å². The Morgan fingerprint density at radius 2 is 1.16 bits per heavy atom. The molecule has 76 heavy (non-hydrogen) atoms. The first-order valence-electron chi connectivity index (χ1n) is 29.2. The highest BCUT2D eigenvalue weighted by Crippen LogP contribution is 2.52. The van der Waals surface area contributed by atoms with Crippen LogP contribution in [0.15, 0.2) is 54.9 Å². The molecule has 1 aliphatic carbocycles. The van der Waals surface area contributed by atoms with Crippen molar-refractivity contribution in [3.8, 4) is 34.5 Å². The summed E-state index contributed by atoms with van der Waals surface area (Å²) in [5.74, 6) is 2.46. The quantitative estimate of drug-likeness (QED) is 0.114. The minimum absolute atomic E-state index is 0.0795. The van der Waals surface area contributed by atoms with Crippen LogP contribution >= 0.6 is 0 Å². The first kappa shape index (κ1) is 47.5. The fourth-order valence-corrected chi connectivity index (χ4v) is 16.0. The molecule has 2 N–H and O–H groups in total. The standard InChI is InChI=1S/C61H75N13O2/c1-37-52(62-29-48-54(37)66-58(75-35-60-21-7-25-73(60)26-8-22-60)68-56(48)71-31-41-15-16-42(32-71)64-41)45-19-14-40(28-47(45)39-12-13-39)50-20-24-61(23-9-27-74(50)61)36-76-59-67-55-38(2)53(46-10-5-6-11-51(46)70(3)4)63-30-49(55)57(69-59)72-33-43-17-18-44(34-72)65-43/h5-6,10-11,14,19,28-30,39,41-44,50,64-65H,7-9,12-13,15-18,20-27,31-36H2,1-4H3. The van der Waals surface area contributed by atoms with Gasteiger partial charge in [-0.2, -0.15) is 19.9 Å². The van der Waals surface area contributed by atoms with Crippen LogP contribution in [-0.2, 0) is 0 Å². The zero-order valence-electron chi connectivity index (χ0n) is 45.2. The molecule has 396 valence electrons. The molecule has 6 unspecified atom stereocenters. The first-order chi connectivity index (χ1) is 37.2. The van der Waals surface area contributed by atoms with Gasteiger partial charge in [0.25, 0.3) is 0 Å². The monoisotopic (exact) mass is 1020 g/mol. The van der Waals surface area contributed by atoms with Gasteiger partial charge in [0.2, 0.25) is 0 Å². The van der Waals surface area contributed by atoms with E-state index in [1.807, 2.05) is 6.20 Å².